The third-order valence-electron chi connectivity index (χ3n) is 4.03. The van der Waals surface area contributed by atoms with Gasteiger partial charge in [0.1, 0.15) is 0 Å². The first-order valence-electron chi connectivity index (χ1n) is 8.06. The number of benzene rings is 1. The van der Waals surface area contributed by atoms with Crippen LogP contribution >= 0.6 is 11.3 Å². The largest absolute Gasteiger partial charge is 0.347 e. The molecule has 4 nitrogen and oxygen atoms in total. The Morgan fingerprint density at radius 2 is 2.00 bits per heavy atom. The van der Waals surface area contributed by atoms with Gasteiger partial charge in [0, 0.05) is 30.4 Å². The van der Waals surface area contributed by atoms with Crippen molar-refractivity contribution in [3.63, 3.8) is 0 Å². The topological polar surface area (TPSA) is 46.9 Å². The van der Waals surface area contributed by atoms with Gasteiger partial charge in [-0.05, 0) is 36.1 Å². The van der Waals surface area contributed by atoms with Crippen molar-refractivity contribution in [2.24, 2.45) is 0 Å². The molecule has 0 saturated carbocycles. The highest BCUT2D eigenvalue weighted by Gasteiger charge is 2.11. The molecular weight excluding hydrogens is 318 g/mol. The lowest BCUT2D eigenvalue weighted by molar-refractivity contribution is 0.0955. The van der Waals surface area contributed by atoms with Crippen LogP contribution in [0.25, 0.3) is 0 Å². The summed E-state index contributed by atoms with van der Waals surface area (Å²) in [5.41, 5.74) is 3.57. The van der Waals surface area contributed by atoms with Gasteiger partial charge in [-0.25, -0.2) is 4.98 Å². The Hall–Kier alpha value is -2.40. The summed E-state index contributed by atoms with van der Waals surface area (Å²) in [5.74, 6) is 0.00490. The molecule has 2 aromatic heterocycles. The number of amides is 1. The summed E-state index contributed by atoms with van der Waals surface area (Å²) < 4.78 is 2.03. The highest BCUT2D eigenvalue weighted by atomic mass is 32.1. The van der Waals surface area contributed by atoms with E-state index in [0.717, 1.165) is 23.4 Å². The summed E-state index contributed by atoms with van der Waals surface area (Å²) in [7, 11) is 0. The average molecular weight is 339 g/mol. The zero-order valence-electron chi connectivity index (χ0n) is 14.0. The zero-order chi connectivity index (χ0) is 16.9. The third kappa shape index (κ3) is 3.92. The third-order valence-corrected chi connectivity index (χ3v) is 5.12. The molecule has 0 saturated heterocycles. The molecule has 0 aliphatic carbocycles. The van der Waals surface area contributed by atoms with E-state index in [4.69, 9.17) is 0 Å². The van der Waals surface area contributed by atoms with Gasteiger partial charge < -0.3 is 9.88 Å². The highest BCUT2D eigenvalue weighted by molar-refractivity contribution is 7.14. The molecule has 24 heavy (non-hydrogen) atoms. The second-order valence-electron chi connectivity index (χ2n) is 5.78. The quantitative estimate of drug-likeness (QED) is 0.743. The molecule has 124 valence electrons. The average Bonchev–Trinajstić information content (AvgIpc) is 3.23. The van der Waals surface area contributed by atoms with Crippen LogP contribution in [0.5, 0.6) is 0 Å². The standard InChI is InChI=1S/C19H21N3OS/c1-3-17-10-18(24-14(17)2)19(23)21-11-15-4-6-16(7-5-15)12-22-9-8-20-13-22/h4-10,13H,3,11-12H2,1-2H3,(H,21,23). The van der Waals surface area contributed by atoms with Gasteiger partial charge in [0.15, 0.2) is 0 Å². The molecule has 0 aliphatic heterocycles. The van der Waals surface area contributed by atoms with Gasteiger partial charge in [0.05, 0.1) is 11.2 Å². The number of nitrogens with one attached hydrogen (secondary N) is 1. The summed E-state index contributed by atoms with van der Waals surface area (Å²) in [4.78, 5) is 18.3. The predicted molar refractivity (Wildman–Crippen MR) is 97.4 cm³/mol. The van der Waals surface area contributed by atoms with Crippen LogP contribution in [-0.4, -0.2) is 15.5 Å². The molecule has 0 atom stereocenters. The maximum Gasteiger partial charge on any atom is 0.261 e. The van der Waals surface area contributed by atoms with E-state index < -0.39 is 0 Å². The first-order valence-corrected chi connectivity index (χ1v) is 8.88. The number of rotatable bonds is 6. The molecule has 1 N–H and O–H groups in total. The number of hydrogen-bond acceptors (Lipinski definition) is 3. The number of aromatic nitrogens is 2. The lowest BCUT2D eigenvalue weighted by Crippen LogP contribution is -2.21. The van der Waals surface area contributed by atoms with Crippen molar-refractivity contribution in [2.45, 2.75) is 33.4 Å². The van der Waals surface area contributed by atoms with Gasteiger partial charge in [0.2, 0.25) is 0 Å². The first kappa shape index (κ1) is 16.5. The second-order valence-corrected chi connectivity index (χ2v) is 7.04. The van der Waals surface area contributed by atoms with Gasteiger partial charge in [-0.1, -0.05) is 31.2 Å². The summed E-state index contributed by atoms with van der Waals surface area (Å²) in [5, 5.41) is 3.00. The minimum absolute atomic E-state index is 0.00490. The van der Waals surface area contributed by atoms with Crippen molar-refractivity contribution >= 4 is 17.2 Å². The smallest absolute Gasteiger partial charge is 0.261 e. The Bertz CT molecular complexity index is 804. The van der Waals surface area contributed by atoms with Gasteiger partial charge in [-0.15, -0.1) is 11.3 Å². The van der Waals surface area contributed by atoms with Crippen molar-refractivity contribution in [1.29, 1.82) is 0 Å². The fraction of sp³-hybridized carbons (Fsp3) is 0.263. The molecule has 0 bridgehead atoms. The first-order chi connectivity index (χ1) is 11.7. The Labute approximate surface area is 146 Å². The molecule has 2 heterocycles. The molecule has 0 radical (unpaired) electrons. The van der Waals surface area contributed by atoms with Crippen LogP contribution in [-0.2, 0) is 19.5 Å². The van der Waals surface area contributed by atoms with Crippen LogP contribution in [0.2, 0.25) is 0 Å². The van der Waals surface area contributed by atoms with Crippen LogP contribution in [0, 0.1) is 6.92 Å². The van der Waals surface area contributed by atoms with Crippen LogP contribution in [0.1, 0.15) is 38.2 Å². The fourth-order valence-electron chi connectivity index (χ4n) is 2.61. The molecule has 1 aromatic carbocycles. The summed E-state index contributed by atoms with van der Waals surface area (Å²) in [6, 6.07) is 10.3. The van der Waals surface area contributed by atoms with Crippen LogP contribution < -0.4 is 5.32 Å². The number of carbonyl (C=O) groups excluding carboxylic acids is 1. The van der Waals surface area contributed by atoms with E-state index in [0.29, 0.717) is 6.54 Å². The van der Waals surface area contributed by atoms with Crippen LogP contribution in [0.4, 0.5) is 0 Å². The van der Waals surface area contributed by atoms with Crippen molar-refractivity contribution in [1.82, 2.24) is 14.9 Å². The number of imidazole rings is 1. The van der Waals surface area contributed by atoms with E-state index >= 15 is 0 Å². The molecule has 0 aliphatic rings. The van der Waals surface area contributed by atoms with Gasteiger partial charge >= 0.3 is 0 Å². The van der Waals surface area contributed by atoms with E-state index in [9.17, 15) is 4.79 Å². The second kappa shape index (κ2) is 7.45. The molecular formula is C19H21N3OS. The fourth-order valence-corrected chi connectivity index (χ4v) is 3.64. The van der Waals surface area contributed by atoms with Gasteiger partial charge in [0.25, 0.3) is 5.91 Å². The van der Waals surface area contributed by atoms with Crippen molar-refractivity contribution in [3.8, 4) is 0 Å². The van der Waals surface area contributed by atoms with Crippen LogP contribution in [0.3, 0.4) is 0 Å². The lowest BCUT2D eigenvalue weighted by atomic mass is 10.1. The normalized spacial score (nSPS) is 10.8. The van der Waals surface area contributed by atoms with E-state index in [2.05, 4.69) is 48.4 Å². The SMILES string of the molecule is CCc1cc(C(=O)NCc2ccc(Cn3ccnc3)cc2)sc1C. The Morgan fingerprint density at radius 1 is 1.25 bits per heavy atom. The number of carbonyl (C=O) groups is 1. The van der Waals surface area contributed by atoms with Crippen molar-refractivity contribution in [2.75, 3.05) is 0 Å². The highest BCUT2D eigenvalue weighted by Crippen LogP contribution is 2.22. The van der Waals surface area contributed by atoms with E-state index in [1.54, 1.807) is 17.5 Å². The number of nitrogens with zero attached hydrogens (tertiary/aromatic N) is 2. The van der Waals surface area contributed by atoms with E-state index in [-0.39, 0.29) is 5.91 Å². The molecule has 3 rings (SSSR count). The van der Waals surface area contributed by atoms with Crippen LogP contribution in [0.15, 0.2) is 49.1 Å². The lowest BCUT2D eigenvalue weighted by Gasteiger charge is -2.06. The van der Waals surface area contributed by atoms with E-state index in [1.807, 2.05) is 23.2 Å². The summed E-state index contributed by atoms with van der Waals surface area (Å²) >= 11 is 1.57. The Morgan fingerprint density at radius 3 is 2.62 bits per heavy atom. The minimum Gasteiger partial charge on any atom is -0.347 e. The molecule has 3 aromatic rings. The van der Waals surface area contributed by atoms with E-state index in [1.165, 1.54) is 16.0 Å². The molecule has 5 heteroatoms. The Balaban J connectivity index is 1.56. The predicted octanol–water partition coefficient (Wildman–Crippen LogP) is 3.79. The maximum absolute atomic E-state index is 12.3. The maximum atomic E-state index is 12.3. The molecule has 0 unspecified atom stereocenters. The van der Waals surface area contributed by atoms with Gasteiger partial charge in [-0.2, -0.15) is 0 Å². The number of hydrogen-bond donors (Lipinski definition) is 1. The van der Waals surface area contributed by atoms with Crippen molar-refractivity contribution < 1.29 is 4.79 Å². The molecule has 0 spiro atoms. The monoisotopic (exact) mass is 339 g/mol. The summed E-state index contributed by atoms with van der Waals surface area (Å²) in [6.45, 7) is 5.53. The zero-order valence-corrected chi connectivity index (χ0v) is 14.8. The molecule has 1 amide bonds. The Kier molecular flexibility index (Phi) is 5.11. The van der Waals surface area contributed by atoms with Crippen molar-refractivity contribution in [3.05, 3.63) is 75.5 Å². The minimum atomic E-state index is 0.00490. The number of aryl methyl sites for hydroxylation is 2. The molecule has 0 fully saturated rings. The van der Waals surface area contributed by atoms with Gasteiger partial charge in [-0.3, -0.25) is 4.79 Å². The summed E-state index contributed by atoms with van der Waals surface area (Å²) in [6.07, 6.45) is 6.50. The number of thiophene rings is 1.